The monoisotopic (exact) mass is 740 g/mol. The highest BCUT2D eigenvalue weighted by atomic mass is 16.7. The van der Waals surface area contributed by atoms with Crippen LogP contribution in [0.3, 0.4) is 0 Å². The third-order valence-corrected chi connectivity index (χ3v) is 17.1. The fourth-order valence-corrected chi connectivity index (χ4v) is 14.7. The van der Waals surface area contributed by atoms with Gasteiger partial charge in [0.25, 0.3) is 0 Å². The van der Waals surface area contributed by atoms with E-state index >= 15 is 0 Å². The Morgan fingerprint density at radius 3 is 1.65 bits per heavy atom. The van der Waals surface area contributed by atoms with Gasteiger partial charge in [0, 0.05) is 0 Å². The van der Waals surface area contributed by atoms with Crippen molar-refractivity contribution < 1.29 is 59.8 Å². The molecule has 0 aromatic heterocycles. The molecule has 20 atom stereocenters. The van der Waals surface area contributed by atoms with Crippen LogP contribution in [0.15, 0.2) is 0 Å². The highest BCUT2D eigenvalue weighted by Gasteiger charge is 2.74. The molecule has 12 nitrogen and oxygen atoms in total. The zero-order valence-corrected chi connectivity index (χ0v) is 32.5. The maximum atomic E-state index is 12.5. The zero-order chi connectivity index (χ0) is 38.1. The summed E-state index contributed by atoms with van der Waals surface area (Å²) in [6.45, 7) is 17.3. The van der Waals surface area contributed by atoms with Crippen molar-refractivity contribution in [1.29, 1.82) is 0 Å². The molecule has 52 heavy (non-hydrogen) atoms. The van der Waals surface area contributed by atoms with Crippen LogP contribution in [0.25, 0.3) is 0 Å². The van der Waals surface area contributed by atoms with Crippen LogP contribution in [0, 0.1) is 56.7 Å². The molecule has 7 rings (SSSR count). The van der Waals surface area contributed by atoms with E-state index in [1.165, 1.54) is 0 Å². The number of aliphatic hydroxyl groups excluding tert-OH is 7. The van der Waals surface area contributed by atoms with Crippen LogP contribution in [0.1, 0.15) is 107 Å². The number of hydrogen-bond acceptors (Lipinski definition) is 12. The van der Waals surface area contributed by atoms with Crippen LogP contribution in [0.5, 0.6) is 0 Å². The maximum absolute atomic E-state index is 12.5. The molecular weight excluding hydrogens is 672 g/mol. The van der Waals surface area contributed by atoms with E-state index in [1.54, 1.807) is 0 Å². The van der Waals surface area contributed by atoms with Crippen molar-refractivity contribution in [3.8, 4) is 0 Å². The summed E-state index contributed by atoms with van der Waals surface area (Å²) in [7, 11) is 0. The lowest BCUT2D eigenvalue weighted by molar-refractivity contribution is -0.334. The van der Waals surface area contributed by atoms with Gasteiger partial charge in [-0.1, -0.05) is 41.5 Å². The van der Waals surface area contributed by atoms with Gasteiger partial charge in [0.1, 0.15) is 36.6 Å². The second kappa shape index (κ2) is 13.0. The Kier molecular flexibility index (Phi) is 9.96. The lowest BCUT2D eigenvalue weighted by Crippen LogP contribution is -2.71. The molecule has 2 saturated heterocycles. The van der Waals surface area contributed by atoms with Crippen molar-refractivity contribution in [2.75, 3.05) is 13.2 Å². The molecule has 0 amide bonds. The fourth-order valence-electron chi connectivity index (χ4n) is 14.7. The van der Waals surface area contributed by atoms with Gasteiger partial charge in [0.2, 0.25) is 0 Å². The first-order valence-corrected chi connectivity index (χ1v) is 20.1. The number of fused-ring (bicyclic) bond motifs is 7. The largest absolute Gasteiger partial charge is 0.393 e. The first kappa shape index (κ1) is 39.7. The van der Waals surface area contributed by atoms with Crippen molar-refractivity contribution in [2.24, 2.45) is 56.7 Å². The third kappa shape index (κ3) is 5.66. The second-order valence-electron chi connectivity index (χ2n) is 20.5. The molecule has 8 N–H and O–H groups in total. The van der Waals surface area contributed by atoms with E-state index in [1.807, 2.05) is 13.8 Å². The van der Waals surface area contributed by atoms with Gasteiger partial charge in [-0.15, -0.1) is 0 Å². The number of ether oxygens (including phenoxy) is 4. The van der Waals surface area contributed by atoms with Gasteiger partial charge in [-0.3, -0.25) is 0 Å². The van der Waals surface area contributed by atoms with Gasteiger partial charge in [0.05, 0.1) is 37.1 Å². The molecule has 7 fully saturated rings. The van der Waals surface area contributed by atoms with Crippen molar-refractivity contribution in [3.05, 3.63) is 0 Å². The van der Waals surface area contributed by atoms with Crippen molar-refractivity contribution in [1.82, 2.24) is 0 Å². The van der Waals surface area contributed by atoms with Gasteiger partial charge < -0.3 is 59.8 Å². The Hall–Kier alpha value is -0.480. The second-order valence-corrected chi connectivity index (χ2v) is 20.5. The smallest absolute Gasteiger partial charge is 0.186 e. The Labute approximate surface area is 309 Å². The maximum Gasteiger partial charge on any atom is 0.186 e. The molecule has 0 aromatic rings. The van der Waals surface area contributed by atoms with Gasteiger partial charge in [0.15, 0.2) is 12.6 Å². The van der Waals surface area contributed by atoms with E-state index in [2.05, 4.69) is 41.5 Å². The van der Waals surface area contributed by atoms with Crippen LogP contribution in [-0.2, 0) is 18.9 Å². The van der Waals surface area contributed by atoms with Gasteiger partial charge >= 0.3 is 0 Å². The van der Waals surface area contributed by atoms with Crippen LogP contribution < -0.4 is 0 Å². The molecule has 0 unspecified atom stereocenters. The summed E-state index contributed by atoms with van der Waals surface area (Å²) in [5.41, 5.74) is -2.48. The van der Waals surface area contributed by atoms with Crippen LogP contribution in [0.2, 0.25) is 0 Å². The summed E-state index contributed by atoms with van der Waals surface area (Å²) in [6, 6.07) is 0. The summed E-state index contributed by atoms with van der Waals surface area (Å²) in [6.07, 6.45) is -4.98. The average Bonchev–Trinajstić information content (AvgIpc) is 3.42. The molecular formula is C40H68O12. The fraction of sp³-hybridized carbons (Fsp3) is 1.00. The summed E-state index contributed by atoms with van der Waals surface area (Å²) in [5, 5.41) is 86.9. The number of rotatable bonds is 5. The average molecular weight is 741 g/mol. The summed E-state index contributed by atoms with van der Waals surface area (Å²) in [4.78, 5) is 0. The Bertz CT molecular complexity index is 1320. The van der Waals surface area contributed by atoms with Crippen molar-refractivity contribution >= 4 is 0 Å². The highest BCUT2D eigenvalue weighted by Crippen LogP contribution is 2.78. The Morgan fingerprint density at radius 2 is 1.10 bits per heavy atom. The van der Waals surface area contributed by atoms with E-state index in [4.69, 9.17) is 18.9 Å². The minimum atomic E-state index is -1.42. The molecule has 5 aliphatic carbocycles. The summed E-state index contributed by atoms with van der Waals surface area (Å²) < 4.78 is 24.7. The van der Waals surface area contributed by atoms with Gasteiger partial charge in [-0.25, -0.2) is 0 Å². The number of hydrogen-bond donors (Lipinski definition) is 8. The van der Waals surface area contributed by atoms with Crippen LogP contribution in [-0.4, -0.2) is 127 Å². The van der Waals surface area contributed by atoms with E-state index in [9.17, 15) is 40.9 Å². The van der Waals surface area contributed by atoms with E-state index in [-0.39, 0.29) is 64.6 Å². The van der Waals surface area contributed by atoms with E-state index < -0.39 is 72.4 Å². The molecule has 5 saturated carbocycles. The standard InChI is InChI=1S/C40H68O12/c1-35(2)26(52-34-31(47)29(45)22(43)18-50-34)12-14-38(6)25-10-9-24-37(5)13-11-19(36(3,4)48)27(37)23(51-33-30(46)28(44)21(42)17-49-33)16-40(24,8)39(25,7)15-20(41)32(35)38/h19-34,41-48H,9-18H2,1-8H3/t19-,20+,21+,22-,23+,24-,25-,26+,27-,28+,29+,30-,31-,32+,33+,34+,37-,38-,39-,40-/m1/s1. The molecule has 0 radical (unpaired) electrons. The van der Waals surface area contributed by atoms with Crippen molar-refractivity contribution in [3.63, 3.8) is 0 Å². The van der Waals surface area contributed by atoms with Crippen molar-refractivity contribution in [2.45, 2.75) is 180 Å². The highest BCUT2D eigenvalue weighted by molar-refractivity contribution is 5.23. The quantitative estimate of drug-likeness (QED) is 0.191. The minimum Gasteiger partial charge on any atom is -0.393 e. The van der Waals surface area contributed by atoms with Gasteiger partial charge in [-0.05, 0) is 122 Å². The Balaban J connectivity index is 1.21. The van der Waals surface area contributed by atoms with Gasteiger partial charge in [-0.2, -0.15) is 0 Å². The van der Waals surface area contributed by atoms with E-state index in [0.29, 0.717) is 25.2 Å². The third-order valence-electron chi connectivity index (χ3n) is 17.1. The first-order valence-electron chi connectivity index (χ1n) is 20.1. The summed E-state index contributed by atoms with van der Waals surface area (Å²) >= 11 is 0. The molecule has 7 aliphatic rings. The molecule has 300 valence electrons. The predicted molar refractivity (Wildman–Crippen MR) is 188 cm³/mol. The van der Waals surface area contributed by atoms with Crippen LogP contribution in [0.4, 0.5) is 0 Å². The normalized spacial score (nSPS) is 57.7. The zero-order valence-electron chi connectivity index (χ0n) is 32.5. The minimum absolute atomic E-state index is 0.0223. The SMILES string of the molecule is CC(C)(O)[C@@H]1CC[C@@]2(C)[C@H]1[C@@H](O[C@@H]1OC[C@H](O)[C@H](O)[C@H]1O)C[C@]1(C)[C@@H]2CC[C@@H]2[C@@]3(C)CC[C@H](O[C@@H]4OC[C@@H](O)[C@H](O)[C@H]4O)C(C)(C)[C@@H]3[C@@H](O)C[C@]21C. The lowest BCUT2D eigenvalue weighted by atomic mass is 9.31. The molecule has 2 heterocycles. The molecule has 0 spiro atoms. The first-order chi connectivity index (χ1) is 24.0. The Morgan fingerprint density at radius 1 is 0.596 bits per heavy atom. The predicted octanol–water partition coefficient (Wildman–Crippen LogP) is 2.09. The topological polar surface area (TPSA) is 199 Å². The van der Waals surface area contributed by atoms with E-state index in [0.717, 1.165) is 32.1 Å². The number of aliphatic hydroxyl groups is 8. The molecule has 12 heteroatoms. The lowest BCUT2D eigenvalue weighted by Gasteiger charge is -2.74. The molecule has 0 bridgehead atoms. The summed E-state index contributed by atoms with van der Waals surface area (Å²) in [5.74, 6) is 0.390. The van der Waals surface area contributed by atoms with Crippen LogP contribution >= 0.6 is 0 Å². The molecule has 0 aromatic carbocycles. The molecule has 2 aliphatic heterocycles.